The molecule has 0 bridgehead atoms. The SMILES string of the molecule is N#CC(C#N)(CCSC(F)(F)F)Cc1ccc(SC(F)(F)F)cc1. The topological polar surface area (TPSA) is 47.6 Å². The smallest absolute Gasteiger partial charge is 0.197 e. The molecule has 0 amide bonds. The predicted molar refractivity (Wildman–Crippen MR) is 78.8 cm³/mol. The number of thioether (sulfide) groups is 2. The zero-order chi connectivity index (χ0) is 18.4. The normalized spacial score (nSPS) is 12.5. The van der Waals surface area contributed by atoms with E-state index < -0.39 is 22.2 Å². The Bertz CT molecular complexity index is 611. The summed E-state index contributed by atoms with van der Waals surface area (Å²) in [5, 5.41) is 18.3. The molecule has 1 aromatic carbocycles. The first-order chi connectivity index (χ1) is 11.0. The number of halogens is 6. The van der Waals surface area contributed by atoms with Crippen LogP contribution in [-0.4, -0.2) is 16.8 Å². The highest BCUT2D eigenvalue weighted by Crippen LogP contribution is 2.38. The maximum Gasteiger partial charge on any atom is 0.446 e. The van der Waals surface area contributed by atoms with Crippen LogP contribution in [0.4, 0.5) is 26.3 Å². The van der Waals surface area contributed by atoms with Crippen molar-refractivity contribution < 1.29 is 26.3 Å². The highest BCUT2D eigenvalue weighted by Gasteiger charge is 2.34. The van der Waals surface area contributed by atoms with E-state index in [1.165, 1.54) is 24.3 Å². The number of benzene rings is 1. The van der Waals surface area contributed by atoms with Crippen LogP contribution in [0.25, 0.3) is 0 Å². The van der Waals surface area contributed by atoms with Crippen molar-refractivity contribution in [3.63, 3.8) is 0 Å². The van der Waals surface area contributed by atoms with E-state index in [4.69, 9.17) is 10.5 Å². The summed E-state index contributed by atoms with van der Waals surface area (Å²) in [6, 6.07) is 8.49. The van der Waals surface area contributed by atoms with Gasteiger partial charge in [-0.2, -0.15) is 36.9 Å². The summed E-state index contributed by atoms with van der Waals surface area (Å²) in [5.74, 6) is -0.452. The van der Waals surface area contributed by atoms with Crippen LogP contribution in [0.5, 0.6) is 0 Å². The average molecular weight is 384 g/mol. The third-order valence-corrected chi connectivity index (χ3v) is 4.36. The molecule has 10 heteroatoms. The lowest BCUT2D eigenvalue weighted by Gasteiger charge is -2.19. The summed E-state index contributed by atoms with van der Waals surface area (Å²) in [5.41, 5.74) is -10.1. The van der Waals surface area contributed by atoms with Crippen molar-refractivity contribution in [3.8, 4) is 12.1 Å². The third-order valence-electron chi connectivity index (χ3n) is 2.89. The molecule has 0 spiro atoms. The van der Waals surface area contributed by atoms with E-state index in [1.54, 1.807) is 12.1 Å². The highest BCUT2D eigenvalue weighted by molar-refractivity contribution is 8.00. The zero-order valence-electron chi connectivity index (χ0n) is 11.9. The van der Waals surface area contributed by atoms with Gasteiger partial charge in [0.15, 0.2) is 0 Å². The van der Waals surface area contributed by atoms with Crippen molar-refractivity contribution in [3.05, 3.63) is 29.8 Å². The fraction of sp³-hybridized carbons (Fsp3) is 0.429. The van der Waals surface area contributed by atoms with Gasteiger partial charge in [-0.15, -0.1) is 0 Å². The quantitative estimate of drug-likeness (QED) is 0.479. The molecule has 0 radical (unpaired) electrons. The van der Waals surface area contributed by atoms with Gasteiger partial charge in [0.1, 0.15) is 5.41 Å². The van der Waals surface area contributed by atoms with Gasteiger partial charge < -0.3 is 0 Å². The second kappa shape index (κ2) is 8.04. The third kappa shape index (κ3) is 7.37. The molecule has 24 heavy (non-hydrogen) atoms. The molecule has 130 valence electrons. The van der Waals surface area contributed by atoms with Crippen molar-refractivity contribution in [2.75, 3.05) is 5.75 Å². The van der Waals surface area contributed by atoms with E-state index >= 15 is 0 Å². The van der Waals surface area contributed by atoms with Gasteiger partial charge in [-0.25, -0.2) is 0 Å². The fourth-order valence-corrected chi connectivity index (χ4v) is 3.02. The second-order valence-electron chi connectivity index (χ2n) is 4.72. The largest absolute Gasteiger partial charge is 0.446 e. The van der Waals surface area contributed by atoms with E-state index in [9.17, 15) is 26.3 Å². The molecule has 1 rings (SSSR count). The molecule has 0 saturated heterocycles. The summed E-state index contributed by atoms with van der Waals surface area (Å²) in [7, 11) is 0. The Morgan fingerprint density at radius 1 is 0.875 bits per heavy atom. The zero-order valence-corrected chi connectivity index (χ0v) is 13.5. The van der Waals surface area contributed by atoms with Crippen molar-refractivity contribution >= 4 is 23.5 Å². The maximum absolute atomic E-state index is 12.2. The molecule has 0 aromatic heterocycles. The number of hydrogen-bond donors (Lipinski definition) is 0. The first-order valence-corrected chi connectivity index (χ1v) is 8.17. The van der Waals surface area contributed by atoms with Gasteiger partial charge in [0, 0.05) is 17.1 Å². The van der Waals surface area contributed by atoms with Crippen LogP contribution < -0.4 is 0 Å². The van der Waals surface area contributed by atoms with Gasteiger partial charge in [0.25, 0.3) is 0 Å². The van der Waals surface area contributed by atoms with Crippen molar-refractivity contribution in [1.29, 1.82) is 10.5 Å². The van der Waals surface area contributed by atoms with Crippen LogP contribution in [0.3, 0.4) is 0 Å². The van der Waals surface area contributed by atoms with E-state index in [2.05, 4.69) is 0 Å². The molecule has 0 aliphatic carbocycles. The summed E-state index contributed by atoms with van der Waals surface area (Å²) in [6.45, 7) is 0. The van der Waals surface area contributed by atoms with E-state index in [1.807, 2.05) is 0 Å². The van der Waals surface area contributed by atoms with Crippen LogP contribution in [-0.2, 0) is 6.42 Å². The van der Waals surface area contributed by atoms with E-state index in [0.29, 0.717) is 5.56 Å². The monoisotopic (exact) mass is 384 g/mol. The molecule has 0 aliphatic rings. The number of alkyl halides is 6. The summed E-state index contributed by atoms with van der Waals surface area (Å²) in [6.07, 6.45) is -0.460. The lowest BCUT2D eigenvalue weighted by atomic mass is 9.82. The van der Waals surface area contributed by atoms with Crippen LogP contribution in [0.2, 0.25) is 0 Å². The lowest BCUT2D eigenvalue weighted by Crippen LogP contribution is -2.21. The summed E-state index contributed by atoms with van der Waals surface area (Å²) < 4.78 is 73.2. The van der Waals surface area contributed by atoms with Gasteiger partial charge >= 0.3 is 11.0 Å². The molecule has 0 unspecified atom stereocenters. The Morgan fingerprint density at radius 3 is 1.83 bits per heavy atom. The van der Waals surface area contributed by atoms with Gasteiger partial charge in [0.2, 0.25) is 0 Å². The number of rotatable bonds is 6. The lowest BCUT2D eigenvalue weighted by molar-refractivity contribution is -0.0337. The number of hydrogen-bond acceptors (Lipinski definition) is 4. The van der Waals surface area contributed by atoms with E-state index in [0.717, 1.165) is 0 Å². The summed E-state index contributed by atoms with van der Waals surface area (Å²) in [4.78, 5) is -0.0570. The van der Waals surface area contributed by atoms with Crippen molar-refractivity contribution in [2.24, 2.45) is 5.41 Å². The molecular weight excluding hydrogens is 374 g/mol. The fourth-order valence-electron chi connectivity index (χ4n) is 1.80. The average Bonchev–Trinajstić information content (AvgIpc) is 2.45. The van der Waals surface area contributed by atoms with Crippen LogP contribution in [0.15, 0.2) is 29.2 Å². The Balaban J connectivity index is 2.78. The van der Waals surface area contributed by atoms with Crippen molar-refractivity contribution in [1.82, 2.24) is 0 Å². The Kier molecular flexibility index (Phi) is 6.87. The standard InChI is InChI=1S/C14H10F6N2S2/c15-13(16,17)23-6-5-12(8-21,9-22)7-10-1-3-11(4-2-10)24-14(18,19)20/h1-4H,5-7H2. The first-order valence-electron chi connectivity index (χ1n) is 6.36. The first kappa shape index (κ1) is 20.5. The number of nitriles is 2. The Labute approximate surface area is 142 Å². The molecule has 0 saturated carbocycles. The minimum absolute atomic E-state index is 0.0570. The van der Waals surface area contributed by atoms with Gasteiger partial charge in [-0.3, -0.25) is 0 Å². The van der Waals surface area contributed by atoms with Gasteiger partial charge in [-0.1, -0.05) is 23.9 Å². The molecule has 0 atom stereocenters. The minimum Gasteiger partial charge on any atom is -0.197 e. The molecule has 0 heterocycles. The highest BCUT2D eigenvalue weighted by atomic mass is 32.2. The molecule has 1 aromatic rings. The summed E-state index contributed by atoms with van der Waals surface area (Å²) >= 11 is -0.623. The Hall–Kier alpha value is -1.52. The molecular formula is C14H10F6N2S2. The van der Waals surface area contributed by atoms with Crippen molar-refractivity contribution in [2.45, 2.75) is 28.8 Å². The number of nitrogens with zero attached hydrogens (tertiary/aromatic N) is 2. The minimum atomic E-state index is -4.45. The van der Waals surface area contributed by atoms with Gasteiger partial charge in [-0.05, 0) is 35.9 Å². The second-order valence-corrected chi connectivity index (χ2v) is 7.02. The van der Waals surface area contributed by atoms with Crippen LogP contribution in [0.1, 0.15) is 12.0 Å². The van der Waals surface area contributed by atoms with Crippen LogP contribution in [0, 0.1) is 28.1 Å². The molecule has 2 nitrogen and oxygen atoms in total. The van der Waals surface area contributed by atoms with Crippen LogP contribution >= 0.6 is 23.5 Å². The maximum atomic E-state index is 12.2. The van der Waals surface area contributed by atoms with Gasteiger partial charge in [0.05, 0.1) is 12.1 Å². The predicted octanol–water partition coefficient (Wildman–Crippen LogP) is 5.52. The van der Waals surface area contributed by atoms with E-state index in [-0.39, 0.29) is 41.3 Å². The molecule has 0 aliphatic heterocycles. The molecule has 0 fully saturated rings. The Morgan fingerprint density at radius 2 is 1.42 bits per heavy atom. The molecule has 0 N–H and O–H groups in total.